The Morgan fingerprint density at radius 3 is 2.56 bits per heavy atom. The van der Waals surface area contributed by atoms with Gasteiger partial charge in [-0.15, -0.1) is 11.3 Å². The van der Waals surface area contributed by atoms with Crippen LogP contribution in [-0.4, -0.2) is 39.5 Å². The Morgan fingerprint density at radius 2 is 1.89 bits per heavy atom. The largest absolute Gasteiger partial charge is 0.380 e. The highest BCUT2D eigenvalue weighted by molar-refractivity contribution is 7.09. The summed E-state index contributed by atoms with van der Waals surface area (Å²) in [5, 5.41) is 5.42. The molecule has 0 atom stereocenters. The molecule has 4 heteroatoms. The van der Waals surface area contributed by atoms with Gasteiger partial charge >= 0.3 is 0 Å². The molecule has 18 heavy (non-hydrogen) atoms. The van der Waals surface area contributed by atoms with Crippen LogP contribution in [0.1, 0.15) is 24.6 Å². The van der Waals surface area contributed by atoms with E-state index in [9.17, 15) is 0 Å². The van der Waals surface area contributed by atoms with E-state index in [0.29, 0.717) is 0 Å². The number of hydrogen-bond donors (Lipinski definition) is 1. The fraction of sp³-hybridized carbons (Fsp3) is 0.714. The first-order chi connectivity index (χ1) is 8.93. The van der Waals surface area contributed by atoms with Crippen molar-refractivity contribution in [2.45, 2.75) is 26.2 Å². The molecule has 0 aliphatic heterocycles. The molecular weight excluding hydrogens is 246 g/mol. The summed E-state index contributed by atoms with van der Waals surface area (Å²) in [6, 6.07) is 4.24. The zero-order valence-corrected chi connectivity index (χ0v) is 12.1. The zero-order chi connectivity index (χ0) is 12.9. The number of unbranched alkanes of at least 4 members (excludes halogenated alkanes) is 1. The van der Waals surface area contributed by atoms with Crippen LogP contribution in [-0.2, 0) is 15.9 Å². The first-order valence-electron chi connectivity index (χ1n) is 6.82. The molecule has 1 aromatic heterocycles. The van der Waals surface area contributed by atoms with Crippen molar-refractivity contribution in [3.63, 3.8) is 0 Å². The zero-order valence-electron chi connectivity index (χ0n) is 11.3. The second-order valence-corrected chi connectivity index (χ2v) is 5.19. The fourth-order valence-corrected chi connectivity index (χ4v) is 2.18. The average molecular weight is 271 g/mol. The van der Waals surface area contributed by atoms with Gasteiger partial charge in [-0.1, -0.05) is 19.4 Å². The van der Waals surface area contributed by atoms with E-state index in [1.807, 2.05) is 0 Å². The fourth-order valence-electron chi connectivity index (χ4n) is 1.49. The Morgan fingerprint density at radius 1 is 1.11 bits per heavy atom. The molecule has 0 amide bonds. The van der Waals surface area contributed by atoms with Gasteiger partial charge in [0.2, 0.25) is 0 Å². The Labute approximate surface area is 114 Å². The van der Waals surface area contributed by atoms with Crippen LogP contribution in [0.15, 0.2) is 17.5 Å². The van der Waals surface area contributed by atoms with E-state index in [2.05, 4.69) is 29.8 Å². The molecule has 104 valence electrons. The van der Waals surface area contributed by atoms with Gasteiger partial charge in [-0.3, -0.25) is 0 Å². The van der Waals surface area contributed by atoms with Crippen LogP contribution in [0.25, 0.3) is 0 Å². The van der Waals surface area contributed by atoms with Gasteiger partial charge in [-0.2, -0.15) is 0 Å². The summed E-state index contributed by atoms with van der Waals surface area (Å²) in [5.74, 6) is 0. The first kappa shape index (κ1) is 15.6. The minimum Gasteiger partial charge on any atom is -0.380 e. The van der Waals surface area contributed by atoms with Gasteiger partial charge in [0.15, 0.2) is 0 Å². The molecule has 0 saturated carbocycles. The van der Waals surface area contributed by atoms with E-state index in [0.717, 1.165) is 52.4 Å². The minimum atomic E-state index is 0.778. The molecule has 0 fully saturated rings. The summed E-state index contributed by atoms with van der Waals surface area (Å²) >= 11 is 1.79. The lowest BCUT2D eigenvalue weighted by molar-refractivity contribution is 0.121. The topological polar surface area (TPSA) is 30.5 Å². The van der Waals surface area contributed by atoms with Crippen LogP contribution in [0.4, 0.5) is 0 Å². The molecule has 0 unspecified atom stereocenters. The van der Waals surface area contributed by atoms with Gasteiger partial charge in [-0.25, -0.2) is 0 Å². The lowest BCUT2D eigenvalue weighted by Crippen LogP contribution is -2.24. The van der Waals surface area contributed by atoms with Crippen molar-refractivity contribution in [1.82, 2.24) is 5.32 Å². The van der Waals surface area contributed by atoms with Crippen molar-refractivity contribution in [2.24, 2.45) is 0 Å². The van der Waals surface area contributed by atoms with Gasteiger partial charge in [0, 0.05) is 31.0 Å². The number of nitrogens with one attached hydrogen (secondary N) is 1. The smallest absolute Gasteiger partial charge is 0.0591 e. The van der Waals surface area contributed by atoms with E-state index in [-0.39, 0.29) is 0 Å². The third-order valence-corrected chi connectivity index (χ3v) is 3.50. The monoisotopic (exact) mass is 271 g/mol. The molecule has 0 radical (unpaired) electrons. The lowest BCUT2D eigenvalue weighted by Gasteiger charge is -2.06. The van der Waals surface area contributed by atoms with Gasteiger partial charge in [-0.05, 0) is 17.9 Å². The number of thiophene rings is 1. The van der Waals surface area contributed by atoms with Gasteiger partial charge < -0.3 is 14.8 Å². The highest BCUT2D eigenvalue weighted by Gasteiger charge is 1.94. The van der Waals surface area contributed by atoms with Crippen molar-refractivity contribution >= 4 is 11.3 Å². The predicted octanol–water partition coefficient (Wildman–Crippen LogP) is 2.71. The van der Waals surface area contributed by atoms with Gasteiger partial charge in [0.05, 0.1) is 19.8 Å². The van der Waals surface area contributed by atoms with Crippen LogP contribution in [0.5, 0.6) is 0 Å². The third kappa shape index (κ3) is 8.64. The second kappa shape index (κ2) is 11.7. The average Bonchev–Trinajstić information content (AvgIpc) is 2.89. The standard InChI is InChI=1S/C14H25NO2S/c1-2-3-9-16-11-7-15-8-12-17-10-6-14-5-4-13-18-14/h4-5,13,15H,2-3,6-12H2,1H3. The van der Waals surface area contributed by atoms with E-state index in [4.69, 9.17) is 9.47 Å². The molecule has 0 bridgehead atoms. The second-order valence-electron chi connectivity index (χ2n) is 4.16. The SMILES string of the molecule is CCCCOCCNCCOCCc1cccs1. The molecule has 0 aliphatic rings. The number of hydrogen-bond acceptors (Lipinski definition) is 4. The summed E-state index contributed by atoms with van der Waals surface area (Å²) in [5.41, 5.74) is 0. The van der Waals surface area contributed by atoms with Crippen LogP contribution < -0.4 is 5.32 Å². The highest BCUT2D eigenvalue weighted by atomic mass is 32.1. The molecule has 0 saturated heterocycles. The maximum absolute atomic E-state index is 5.56. The molecule has 0 aromatic carbocycles. The van der Waals surface area contributed by atoms with Crippen LogP contribution >= 0.6 is 11.3 Å². The summed E-state index contributed by atoms with van der Waals surface area (Å²) in [6.45, 7) is 7.27. The molecule has 1 aromatic rings. The predicted molar refractivity (Wildman–Crippen MR) is 77.4 cm³/mol. The van der Waals surface area contributed by atoms with Crippen LogP contribution in [0, 0.1) is 0 Å². The number of rotatable bonds is 12. The Bertz CT molecular complexity index is 265. The third-order valence-electron chi connectivity index (χ3n) is 2.56. The minimum absolute atomic E-state index is 0.778. The molecular formula is C14H25NO2S. The van der Waals surface area contributed by atoms with Gasteiger partial charge in [0.1, 0.15) is 0 Å². The molecule has 3 nitrogen and oxygen atoms in total. The summed E-state index contributed by atoms with van der Waals surface area (Å²) in [4.78, 5) is 1.40. The molecule has 0 spiro atoms. The highest BCUT2D eigenvalue weighted by Crippen LogP contribution is 2.08. The van der Waals surface area contributed by atoms with Gasteiger partial charge in [0.25, 0.3) is 0 Å². The molecule has 1 heterocycles. The Kier molecular flexibility index (Phi) is 10.1. The van der Waals surface area contributed by atoms with Crippen LogP contribution in [0.2, 0.25) is 0 Å². The van der Waals surface area contributed by atoms with Crippen molar-refractivity contribution in [3.8, 4) is 0 Å². The summed E-state index contributed by atoms with van der Waals surface area (Å²) in [7, 11) is 0. The van der Waals surface area contributed by atoms with E-state index in [1.165, 1.54) is 11.3 Å². The quantitative estimate of drug-likeness (QED) is 0.593. The van der Waals surface area contributed by atoms with Crippen molar-refractivity contribution in [1.29, 1.82) is 0 Å². The van der Waals surface area contributed by atoms with Crippen molar-refractivity contribution < 1.29 is 9.47 Å². The van der Waals surface area contributed by atoms with E-state index in [1.54, 1.807) is 11.3 Å². The normalized spacial score (nSPS) is 10.9. The molecule has 1 N–H and O–H groups in total. The molecule has 0 aliphatic carbocycles. The maximum Gasteiger partial charge on any atom is 0.0591 e. The van der Waals surface area contributed by atoms with Crippen LogP contribution in [0.3, 0.4) is 0 Å². The van der Waals surface area contributed by atoms with E-state index < -0.39 is 0 Å². The summed E-state index contributed by atoms with van der Waals surface area (Å²) < 4.78 is 11.0. The summed E-state index contributed by atoms with van der Waals surface area (Å²) in [6.07, 6.45) is 3.38. The Hall–Kier alpha value is -0.420. The lowest BCUT2D eigenvalue weighted by atomic mass is 10.4. The molecule has 1 rings (SSSR count). The van der Waals surface area contributed by atoms with Crippen molar-refractivity contribution in [3.05, 3.63) is 22.4 Å². The van der Waals surface area contributed by atoms with Crippen molar-refractivity contribution in [2.75, 3.05) is 39.5 Å². The maximum atomic E-state index is 5.56. The number of ether oxygens (including phenoxy) is 2. The first-order valence-corrected chi connectivity index (χ1v) is 7.70. The van der Waals surface area contributed by atoms with E-state index >= 15 is 0 Å². The Balaban J connectivity index is 1.73.